The Bertz CT molecular complexity index is 553. The van der Waals surface area contributed by atoms with Crippen molar-refractivity contribution >= 4 is 11.8 Å². The van der Waals surface area contributed by atoms with Gasteiger partial charge in [0.1, 0.15) is 5.82 Å². The maximum Gasteiger partial charge on any atom is 0.239 e. The van der Waals surface area contributed by atoms with Crippen LogP contribution < -0.4 is 5.32 Å². The van der Waals surface area contributed by atoms with Gasteiger partial charge in [-0.15, -0.1) is 0 Å². The van der Waals surface area contributed by atoms with Gasteiger partial charge in [-0.05, 0) is 37.0 Å². The summed E-state index contributed by atoms with van der Waals surface area (Å²) >= 11 is 0. The summed E-state index contributed by atoms with van der Waals surface area (Å²) in [6, 6.07) is 6.02. The number of benzene rings is 1. The summed E-state index contributed by atoms with van der Waals surface area (Å²) in [7, 11) is 0. The van der Waals surface area contributed by atoms with Crippen LogP contribution in [0.5, 0.6) is 0 Å². The van der Waals surface area contributed by atoms with Crippen LogP contribution in [0, 0.1) is 11.7 Å². The van der Waals surface area contributed by atoms with Crippen molar-refractivity contribution in [1.29, 1.82) is 0 Å². The highest BCUT2D eigenvalue weighted by molar-refractivity contribution is 5.84. The van der Waals surface area contributed by atoms with E-state index in [9.17, 15) is 14.0 Å². The minimum atomic E-state index is -0.296. The molecule has 2 rings (SSSR count). The number of nitrogens with one attached hydrogen (secondary N) is 1. The highest BCUT2D eigenvalue weighted by Crippen LogP contribution is 2.27. The Labute approximate surface area is 149 Å². The van der Waals surface area contributed by atoms with Gasteiger partial charge in [-0.1, -0.05) is 44.2 Å². The second kappa shape index (κ2) is 10.2. The van der Waals surface area contributed by atoms with Gasteiger partial charge >= 0.3 is 0 Å². The minimum Gasteiger partial charge on any atom is -0.350 e. The molecule has 0 aromatic heterocycles. The Morgan fingerprint density at radius 2 is 1.84 bits per heavy atom. The summed E-state index contributed by atoms with van der Waals surface area (Å²) in [6.07, 6.45) is 7.81. The number of hydrogen-bond donors (Lipinski definition) is 1. The summed E-state index contributed by atoms with van der Waals surface area (Å²) in [6.45, 7) is 2.85. The van der Waals surface area contributed by atoms with Crippen LogP contribution >= 0.6 is 0 Å². The third kappa shape index (κ3) is 6.85. The molecule has 0 bridgehead atoms. The molecule has 1 aromatic rings. The second-order valence-electron chi connectivity index (χ2n) is 6.85. The normalized spacial score (nSPS) is 15.0. The number of halogens is 1. The van der Waals surface area contributed by atoms with Crippen molar-refractivity contribution in [3.05, 3.63) is 35.6 Å². The van der Waals surface area contributed by atoms with Crippen molar-refractivity contribution in [1.82, 2.24) is 10.2 Å². The Hall–Kier alpha value is -1.91. The molecule has 5 heteroatoms. The van der Waals surface area contributed by atoms with Crippen LogP contribution in [0.15, 0.2) is 24.3 Å². The van der Waals surface area contributed by atoms with Crippen LogP contribution in [-0.2, 0) is 16.1 Å². The molecule has 1 aliphatic carbocycles. The Morgan fingerprint density at radius 1 is 1.16 bits per heavy atom. The quantitative estimate of drug-likeness (QED) is 0.779. The highest BCUT2D eigenvalue weighted by atomic mass is 19.1. The van der Waals surface area contributed by atoms with E-state index < -0.39 is 0 Å². The molecular formula is C20H29FN2O2. The maximum absolute atomic E-state index is 12.9. The molecule has 0 spiro atoms. The predicted octanol–water partition coefficient (Wildman–Crippen LogP) is 3.65. The molecule has 1 N–H and O–H groups in total. The van der Waals surface area contributed by atoms with Crippen molar-refractivity contribution in [2.45, 2.75) is 58.4 Å². The van der Waals surface area contributed by atoms with E-state index in [-0.39, 0.29) is 24.2 Å². The molecule has 0 atom stereocenters. The van der Waals surface area contributed by atoms with Gasteiger partial charge in [0.15, 0.2) is 0 Å². The molecule has 1 aromatic carbocycles. The molecular weight excluding hydrogens is 319 g/mol. The molecule has 4 nitrogen and oxygen atoms in total. The molecule has 25 heavy (non-hydrogen) atoms. The van der Waals surface area contributed by atoms with Gasteiger partial charge in [0.25, 0.3) is 0 Å². The van der Waals surface area contributed by atoms with E-state index >= 15 is 0 Å². The fourth-order valence-corrected chi connectivity index (χ4v) is 3.37. The zero-order valence-corrected chi connectivity index (χ0v) is 15.1. The molecule has 0 unspecified atom stereocenters. The fourth-order valence-electron chi connectivity index (χ4n) is 3.37. The van der Waals surface area contributed by atoms with Crippen LogP contribution in [0.1, 0.15) is 57.4 Å². The summed E-state index contributed by atoms with van der Waals surface area (Å²) in [5, 5.41) is 2.79. The molecule has 1 saturated carbocycles. The number of amides is 2. The highest BCUT2D eigenvalue weighted by Gasteiger charge is 2.19. The average molecular weight is 348 g/mol. The molecule has 0 aliphatic heterocycles. The van der Waals surface area contributed by atoms with Crippen LogP contribution in [-0.4, -0.2) is 29.8 Å². The fraction of sp³-hybridized carbons (Fsp3) is 0.600. The molecule has 0 radical (unpaired) electrons. The van der Waals surface area contributed by atoms with Crippen molar-refractivity contribution in [2.24, 2.45) is 5.92 Å². The van der Waals surface area contributed by atoms with Gasteiger partial charge in [0.05, 0.1) is 6.54 Å². The summed E-state index contributed by atoms with van der Waals surface area (Å²) < 4.78 is 12.9. The standard InChI is InChI=1S/C20H29FN2O2/c1-2-23(20(25)13-10-16-6-4-3-5-7-16)15-19(24)22-14-17-8-11-18(21)12-9-17/h8-9,11-12,16H,2-7,10,13-15H2,1H3,(H,22,24). The molecule has 0 heterocycles. The van der Waals surface area contributed by atoms with Crippen molar-refractivity contribution < 1.29 is 14.0 Å². The van der Waals surface area contributed by atoms with Gasteiger partial charge in [-0.3, -0.25) is 9.59 Å². The van der Waals surface area contributed by atoms with E-state index in [2.05, 4.69) is 5.32 Å². The predicted molar refractivity (Wildman–Crippen MR) is 96.3 cm³/mol. The maximum atomic E-state index is 12.9. The van der Waals surface area contributed by atoms with Crippen molar-refractivity contribution in [3.8, 4) is 0 Å². The van der Waals surface area contributed by atoms with Crippen molar-refractivity contribution in [3.63, 3.8) is 0 Å². The lowest BCUT2D eigenvalue weighted by Gasteiger charge is -2.24. The Kier molecular flexibility index (Phi) is 7.89. The number of hydrogen-bond acceptors (Lipinski definition) is 2. The minimum absolute atomic E-state index is 0.0602. The monoisotopic (exact) mass is 348 g/mol. The van der Waals surface area contributed by atoms with Crippen LogP contribution in [0.25, 0.3) is 0 Å². The Balaban J connectivity index is 1.72. The third-order valence-corrected chi connectivity index (χ3v) is 4.96. The third-order valence-electron chi connectivity index (χ3n) is 4.96. The zero-order chi connectivity index (χ0) is 18.1. The summed E-state index contributed by atoms with van der Waals surface area (Å²) in [5.41, 5.74) is 0.835. The average Bonchev–Trinajstić information content (AvgIpc) is 2.64. The van der Waals surface area contributed by atoms with Gasteiger partial charge in [-0.25, -0.2) is 4.39 Å². The van der Waals surface area contributed by atoms with E-state index in [4.69, 9.17) is 0 Å². The Morgan fingerprint density at radius 3 is 2.48 bits per heavy atom. The number of nitrogens with zero attached hydrogens (tertiary/aromatic N) is 1. The second-order valence-corrected chi connectivity index (χ2v) is 6.85. The van der Waals surface area contributed by atoms with Crippen LogP contribution in [0.4, 0.5) is 4.39 Å². The SMILES string of the molecule is CCN(CC(=O)NCc1ccc(F)cc1)C(=O)CCC1CCCCC1. The van der Waals surface area contributed by atoms with Gasteiger partial charge in [0.2, 0.25) is 11.8 Å². The lowest BCUT2D eigenvalue weighted by molar-refractivity contribution is -0.136. The first-order chi connectivity index (χ1) is 12.1. The number of carbonyl (C=O) groups is 2. The molecule has 0 saturated heterocycles. The van der Waals surface area contributed by atoms with Gasteiger partial charge < -0.3 is 10.2 Å². The number of carbonyl (C=O) groups excluding carboxylic acids is 2. The van der Waals surface area contributed by atoms with Gasteiger partial charge in [0, 0.05) is 19.5 Å². The van der Waals surface area contributed by atoms with E-state index in [1.165, 1.54) is 44.2 Å². The molecule has 1 aliphatic rings. The van der Waals surface area contributed by atoms with E-state index in [1.54, 1.807) is 17.0 Å². The first-order valence-corrected chi connectivity index (χ1v) is 9.37. The number of rotatable bonds is 8. The van der Waals surface area contributed by atoms with E-state index in [1.807, 2.05) is 6.92 Å². The lowest BCUT2D eigenvalue weighted by atomic mass is 9.86. The smallest absolute Gasteiger partial charge is 0.239 e. The van der Waals surface area contributed by atoms with Crippen LogP contribution in [0.3, 0.4) is 0 Å². The summed E-state index contributed by atoms with van der Waals surface area (Å²) in [5.74, 6) is 0.252. The number of likely N-dealkylation sites (N-methyl/N-ethyl adjacent to an activating group) is 1. The molecule has 1 fully saturated rings. The first kappa shape index (κ1) is 19.4. The zero-order valence-electron chi connectivity index (χ0n) is 15.1. The summed E-state index contributed by atoms with van der Waals surface area (Å²) in [4.78, 5) is 26.1. The first-order valence-electron chi connectivity index (χ1n) is 9.37. The van der Waals surface area contributed by atoms with Crippen LogP contribution in [0.2, 0.25) is 0 Å². The lowest BCUT2D eigenvalue weighted by Crippen LogP contribution is -2.40. The topological polar surface area (TPSA) is 49.4 Å². The van der Waals surface area contributed by atoms with Gasteiger partial charge in [-0.2, -0.15) is 0 Å². The van der Waals surface area contributed by atoms with E-state index in [0.29, 0.717) is 25.4 Å². The largest absolute Gasteiger partial charge is 0.350 e. The van der Waals surface area contributed by atoms with Crippen molar-refractivity contribution in [2.75, 3.05) is 13.1 Å². The molecule has 138 valence electrons. The van der Waals surface area contributed by atoms with E-state index in [0.717, 1.165) is 12.0 Å². The molecule has 2 amide bonds.